The number of nitrogens with one attached hydrogen (secondary N) is 1. The van der Waals surface area contributed by atoms with Gasteiger partial charge in [-0.15, -0.1) is 0 Å². The highest BCUT2D eigenvalue weighted by Gasteiger charge is 2.39. The van der Waals surface area contributed by atoms with Crippen LogP contribution in [0.2, 0.25) is 0 Å². The summed E-state index contributed by atoms with van der Waals surface area (Å²) in [4.78, 5) is 18.5. The van der Waals surface area contributed by atoms with Crippen LogP contribution < -0.4 is 5.43 Å². The van der Waals surface area contributed by atoms with Crippen molar-refractivity contribution < 1.29 is 8.42 Å². The molecule has 2 aromatic rings. The van der Waals surface area contributed by atoms with Crippen molar-refractivity contribution in [2.45, 2.75) is 30.3 Å². The molecule has 1 fully saturated rings. The van der Waals surface area contributed by atoms with E-state index in [0.29, 0.717) is 5.82 Å². The van der Waals surface area contributed by atoms with Crippen molar-refractivity contribution in [3.63, 3.8) is 0 Å². The van der Waals surface area contributed by atoms with E-state index in [2.05, 4.69) is 9.97 Å². The zero-order valence-corrected chi connectivity index (χ0v) is 12.4. The average Bonchev–Trinajstić information content (AvgIpc) is 3.20. The second-order valence-corrected chi connectivity index (χ2v) is 6.97. The smallest absolute Gasteiger partial charge is 0.249 e. The number of H-pyrrole nitrogens is 1. The summed E-state index contributed by atoms with van der Waals surface area (Å²) in [5.41, 5.74) is -0.501. The summed E-state index contributed by atoms with van der Waals surface area (Å²) < 4.78 is 28.6. The fraction of sp³-hybridized carbons (Fsp3) is 0.385. The lowest BCUT2D eigenvalue weighted by Gasteiger charge is -2.21. The molecule has 0 atom stereocenters. The average molecular weight is 308 g/mol. The summed E-state index contributed by atoms with van der Waals surface area (Å²) in [5.74, 6) is 0.651. The van der Waals surface area contributed by atoms with Crippen LogP contribution >= 0.6 is 0 Å². The maximum Gasteiger partial charge on any atom is 0.249 e. The van der Waals surface area contributed by atoms with Gasteiger partial charge in [-0.05, 0) is 12.8 Å². The minimum atomic E-state index is -3.83. The number of sulfonamides is 1. The van der Waals surface area contributed by atoms with E-state index in [1.807, 2.05) is 7.05 Å². The van der Waals surface area contributed by atoms with Gasteiger partial charge in [0.25, 0.3) is 0 Å². The molecule has 2 heterocycles. The van der Waals surface area contributed by atoms with Gasteiger partial charge in [0.2, 0.25) is 15.5 Å². The molecule has 1 aliphatic rings. The lowest BCUT2D eigenvalue weighted by atomic mass is 10.5. The van der Waals surface area contributed by atoms with E-state index in [0.717, 1.165) is 12.8 Å². The minimum Gasteiger partial charge on any atom is -0.366 e. The number of pyridine rings is 1. The predicted molar refractivity (Wildman–Crippen MR) is 76.0 cm³/mol. The van der Waals surface area contributed by atoms with Gasteiger partial charge in [0.05, 0.1) is 6.54 Å². The molecule has 0 aromatic carbocycles. The first-order valence-electron chi connectivity index (χ1n) is 6.65. The number of hydrogen-bond acceptors (Lipinski definition) is 4. The molecular weight excluding hydrogens is 292 g/mol. The maximum absolute atomic E-state index is 12.7. The summed E-state index contributed by atoms with van der Waals surface area (Å²) in [6, 6.07) is 1.17. The molecule has 21 heavy (non-hydrogen) atoms. The first-order valence-corrected chi connectivity index (χ1v) is 8.09. The van der Waals surface area contributed by atoms with Gasteiger partial charge in [-0.1, -0.05) is 0 Å². The molecule has 1 saturated carbocycles. The first-order chi connectivity index (χ1) is 10.00. The Labute approximate surface area is 122 Å². The van der Waals surface area contributed by atoms with Gasteiger partial charge in [-0.25, -0.2) is 13.4 Å². The number of aromatic nitrogens is 3. The van der Waals surface area contributed by atoms with Crippen LogP contribution in [-0.2, 0) is 23.6 Å². The highest BCUT2D eigenvalue weighted by molar-refractivity contribution is 7.89. The van der Waals surface area contributed by atoms with Crippen LogP contribution in [0.3, 0.4) is 0 Å². The van der Waals surface area contributed by atoms with E-state index in [1.165, 1.54) is 22.8 Å². The Morgan fingerprint density at radius 2 is 2.24 bits per heavy atom. The third kappa shape index (κ3) is 2.64. The molecule has 1 N–H and O–H groups in total. The van der Waals surface area contributed by atoms with Gasteiger partial charge in [0.15, 0.2) is 0 Å². The van der Waals surface area contributed by atoms with Gasteiger partial charge >= 0.3 is 0 Å². The highest BCUT2D eigenvalue weighted by atomic mass is 32.2. The highest BCUT2D eigenvalue weighted by Crippen LogP contribution is 2.32. The zero-order chi connectivity index (χ0) is 15.0. The summed E-state index contributed by atoms with van der Waals surface area (Å²) in [7, 11) is -2.01. The Balaban J connectivity index is 1.99. The van der Waals surface area contributed by atoms with Crippen LogP contribution in [0.5, 0.6) is 0 Å². The van der Waals surface area contributed by atoms with Gasteiger partial charge < -0.3 is 9.55 Å². The second-order valence-electron chi connectivity index (χ2n) is 5.11. The molecule has 3 rings (SSSR count). The lowest BCUT2D eigenvalue weighted by molar-refractivity contribution is 0.385. The molecule has 112 valence electrons. The van der Waals surface area contributed by atoms with Gasteiger partial charge in [-0.3, -0.25) is 4.79 Å². The Bertz CT molecular complexity index is 805. The van der Waals surface area contributed by atoms with Gasteiger partial charge in [0.1, 0.15) is 10.7 Å². The largest absolute Gasteiger partial charge is 0.366 e. The fourth-order valence-corrected chi connectivity index (χ4v) is 3.87. The zero-order valence-electron chi connectivity index (χ0n) is 11.6. The molecule has 0 unspecified atom stereocenters. The third-order valence-corrected chi connectivity index (χ3v) is 5.47. The van der Waals surface area contributed by atoms with E-state index < -0.39 is 15.5 Å². The van der Waals surface area contributed by atoms with Crippen LogP contribution in [0.1, 0.15) is 18.7 Å². The molecule has 2 aromatic heterocycles. The molecule has 0 saturated heterocycles. The number of rotatable bonds is 5. The van der Waals surface area contributed by atoms with E-state index >= 15 is 0 Å². The molecular formula is C13H16N4O3S. The van der Waals surface area contributed by atoms with Crippen LogP contribution in [0.4, 0.5) is 0 Å². The van der Waals surface area contributed by atoms with E-state index in [9.17, 15) is 13.2 Å². The maximum atomic E-state index is 12.7. The normalized spacial score (nSPS) is 15.5. The second kappa shape index (κ2) is 5.12. The number of nitrogens with zero attached hydrogens (tertiary/aromatic N) is 3. The fourth-order valence-electron chi connectivity index (χ4n) is 2.19. The van der Waals surface area contributed by atoms with Crippen molar-refractivity contribution in [3.8, 4) is 0 Å². The van der Waals surface area contributed by atoms with Crippen molar-refractivity contribution in [1.82, 2.24) is 18.8 Å². The van der Waals surface area contributed by atoms with Crippen molar-refractivity contribution >= 4 is 10.0 Å². The molecule has 0 aliphatic heterocycles. The quantitative estimate of drug-likeness (QED) is 0.869. The molecule has 8 heteroatoms. The number of imidazole rings is 1. The predicted octanol–water partition coefficient (Wildman–Crippen LogP) is 0.462. The van der Waals surface area contributed by atoms with Gasteiger partial charge in [-0.2, -0.15) is 4.31 Å². The van der Waals surface area contributed by atoms with Crippen LogP contribution in [-0.4, -0.2) is 33.3 Å². The molecule has 0 bridgehead atoms. The van der Waals surface area contributed by atoms with Crippen molar-refractivity contribution in [3.05, 3.63) is 46.9 Å². The van der Waals surface area contributed by atoms with E-state index in [1.54, 1.807) is 17.0 Å². The Morgan fingerprint density at radius 1 is 1.48 bits per heavy atom. The Kier molecular flexibility index (Phi) is 3.42. The summed E-state index contributed by atoms with van der Waals surface area (Å²) in [6.45, 7) is 0.171. The summed E-state index contributed by atoms with van der Waals surface area (Å²) >= 11 is 0. The van der Waals surface area contributed by atoms with E-state index in [4.69, 9.17) is 0 Å². The lowest BCUT2D eigenvalue weighted by Crippen LogP contribution is -2.36. The molecule has 1 aliphatic carbocycles. The Morgan fingerprint density at radius 3 is 2.81 bits per heavy atom. The Hall–Kier alpha value is -1.93. The first kappa shape index (κ1) is 14.0. The summed E-state index contributed by atoms with van der Waals surface area (Å²) in [5, 5.41) is 0. The SMILES string of the molecule is Cn1ccnc1CN(C1CC1)S(=O)(=O)c1c[nH]ccc1=O. The molecule has 0 amide bonds. The third-order valence-electron chi connectivity index (χ3n) is 3.55. The van der Waals surface area contributed by atoms with Crippen LogP contribution in [0.25, 0.3) is 0 Å². The molecule has 0 spiro atoms. The summed E-state index contributed by atoms with van der Waals surface area (Å²) in [6.07, 6.45) is 7.68. The minimum absolute atomic E-state index is 0.0497. The van der Waals surface area contributed by atoms with Crippen molar-refractivity contribution in [2.75, 3.05) is 0 Å². The topological polar surface area (TPSA) is 88.1 Å². The van der Waals surface area contributed by atoms with Crippen LogP contribution in [0.15, 0.2) is 40.5 Å². The van der Waals surface area contributed by atoms with E-state index in [-0.39, 0.29) is 17.5 Å². The van der Waals surface area contributed by atoms with Gasteiger partial charge in [0, 0.05) is 43.9 Å². The van der Waals surface area contributed by atoms with Crippen LogP contribution in [0, 0.1) is 0 Å². The molecule has 0 radical (unpaired) electrons. The van der Waals surface area contributed by atoms with Crippen molar-refractivity contribution in [2.24, 2.45) is 7.05 Å². The monoisotopic (exact) mass is 308 g/mol. The number of aromatic amines is 1. The number of hydrogen-bond donors (Lipinski definition) is 1. The molecule has 7 nitrogen and oxygen atoms in total. The number of aryl methyl sites for hydroxylation is 1. The van der Waals surface area contributed by atoms with Crippen molar-refractivity contribution in [1.29, 1.82) is 0 Å². The standard InChI is InChI=1S/C13H16N4O3S/c1-16-7-6-15-13(16)9-17(10-2-3-10)21(19,20)12-8-14-5-4-11(12)18/h4-8,10H,2-3,9H2,1H3,(H,14,18).